The summed E-state index contributed by atoms with van der Waals surface area (Å²) in [6, 6.07) is 0. The van der Waals surface area contributed by atoms with Crippen LogP contribution in [0.1, 0.15) is 30.6 Å². The molecule has 0 aromatic heterocycles. The predicted octanol–water partition coefficient (Wildman–Crippen LogP) is 1.85. The number of halogens is 1. The SMILES string of the molecule is CC(C)CC(=O)c1c(N)c(N)c(N)c(N)c1I. The maximum absolute atomic E-state index is 12.1. The molecule has 6 heteroatoms. The van der Waals surface area contributed by atoms with E-state index in [2.05, 4.69) is 0 Å². The zero-order chi connectivity index (χ0) is 13.3. The lowest BCUT2D eigenvalue weighted by atomic mass is 9.98. The molecule has 1 aromatic carbocycles. The van der Waals surface area contributed by atoms with Gasteiger partial charge in [0.05, 0.1) is 31.9 Å². The Balaban J connectivity index is 3.39. The number of ketones is 1. The Labute approximate surface area is 114 Å². The molecule has 0 atom stereocenters. The van der Waals surface area contributed by atoms with Gasteiger partial charge in [0.25, 0.3) is 0 Å². The molecule has 0 fully saturated rings. The van der Waals surface area contributed by atoms with Gasteiger partial charge in [-0.1, -0.05) is 13.8 Å². The Kier molecular flexibility index (Phi) is 4.07. The first kappa shape index (κ1) is 13.9. The van der Waals surface area contributed by atoms with Crippen molar-refractivity contribution in [1.82, 2.24) is 0 Å². The largest absolute Gasteiger partial charge is 0.396 e. The number of nitrogens with two attached hydrogens (primary N) is 4. The monoisotopic (exact) mass is 348 g/mol. The van der Waals surface area contributed by atoms with E-state index >= 15 is 0 Å². The fourth-order valence-electron chi connectivity index (χ4n) is 1.54. The summed E-state index contributed by atoms with van der Waals surface area (Å²) >= 11 is 1.97. The van der Waals surface area contributed by atoms with Crippen LogP contribution in [0.2, 0.25) is 0 Å². The molecule has 17 heavy (non-hydrogen) atoms. The molecular formula is C11H17IN4O. The minimum Gasteiger partial charge on any atom is -0.396 e. The Morgan fingerprint density at radius 3 is 2.00 bits per heavy atom. The van der Waals surface area contributed by atoms with Crippen LogP contribution >= 0.6 is 22.6 Å². The summed E-state index contributed by atoms with van der Waals surface area (Å²) in [7, 11) is 0. The zero-order valence-corrected chi connectivity index (χ0v) is 12.0. The summed E-state index contributed by atoms with van der Waals surface area (Å²) in [5.41, 5.74) is 24.5. The van der Waals surface area contributed by atoms with Crippen LogP contribution in [0, 0.1) is 9.49 Å². The number of benzene rings is 1. The lowest BCUT2D eigenvalue weighted by molar-refractivity contribution is 0.0968. The van der Waals surface area contributed by atoms with E-state index < -0.39 is 0 Å². The van der Waals surface area contributed by atoms with Gasteiger partial charge in [-0.05, 0) is 28.5 Å². The maximum Gasteiger partial charge on any atom is 0.166 e. The molecule has 0 saturated heterocycles. The second-order valence-corrected chi connectivity index (χ2v) is 5.44. The molecule has 5 nitrogen and oxygen atoms in total. The Morgan fingerprint density at radius 2 is 1.53 bits per heavy atom. The predicted molar refractivity (Wildman–Crippen MR) is 80.6 cm³/mol. The third-order valence-electron chi connectivity index (χ3n) is 2.47. The molecule has 0 radical (unpaired) electrons. The highest BCUT2D eigenvalue weighted by molar-refractivity contribution is 14.1. The Hall–Kier alpha value is -1.18. The quantitative estimate of drug-likeness (QED) is 0.377. The average molecular weight is 348 g/mol. The fourth-order valence-corrected chi connectivity index (χ4v) is 2.42. The zero-order valence-electron chi connectivity index (χ0n) is 9.88. The van der Waals surface area contributed by atoms with Crippen LogP contribution in [0.25, 0.3) is 0 Å². The van der Waals surface area contributed by atoms with Crippen molar-refractivity contribution in [2.75, 3.05) is 22.9 Å². The molecule has 0 bridgehead atoms. The van der Waals surface area contributed by atoms with Crippen LogP contribution in [-0.2, 0) is 0 Å². The second-order valence-electron chi connectivity index (χ2n) is 4.36. The van der Waals surface area contributed by atoms with E-state index in [-0.39, 0.29) is 28.8 Å². The van der Waals surface area contributed by atoms with E-state index in [1.165, 1.54) is 0 Å². The molecule has 94 valence electrons. The van der Waals surface area contributed by atoms with Crippen LogP contribution in [0.4, 0.5) is 22.7 Å². The van der Waals surface area contributed by atoms with E-state index in [1.807, 2.05) is 36.4 Å². The van der Waals surface area contributed by atoms with E-state index in [4.69, 9.17) is 22.9 Å². The summed E-state index contributed by atoms with van der Waals surface area (Å²) in [6.45, 7) is 3.93. The molecule has 0 aliphatic carbocycles. The van der Waals surface area contributed by atoms with E-state index in [1.54, 1.807) is 0 Å². The number of carbonyl (C=O) groups excluding carboxylic acids is 1. The first-order valence-corrected chi connectivity index (χ1v) is 6.29. The van der Waals surface area contributed by atoms with Crippen molar-refractivity contribution in [2.24, 2.45) is 5.92 Å². The average Bonchev–Trinajstić information content (AvgIpc) is 2.23. The van der Waals surface area contributed by atoms with Crippen molar-refractivity contribution in [3.8, 4) is 0 Å². The number of hydrogen-bond acceptors (Lipinski definition) is 5. The number of hydrogen-bond donors (Lipinski definition) is 4. The lowest BCUT2D eigenvalue weighted by Crippen LogP contribution is -2.15. The highest BCUT2D eigenvalue weighted by Crippen LogP contribution is 2.38. The van der Waals surface area contributed by atoms with Crippen molar-refractivity contribution in [3.63, 3.8) is 0 Å². The van der Waals surface area contributed by atoms with Gasteiger partial charge in [-0.2, -0.15) is 0 Å². The highest BCUT2D eigenvalue weighted by atomic mass is 127. The number of anilines is 4. The van der Waals surface area contributed by atoms with E-state index in [0.29, 0.717) is 21.2 Å². The second kappa shape index (κ2) is 4.99. The summed E-state index contributed by atoms with van der Waals surface area (Å²) in [4.78, 5) is 12.1. The maximum atomic E-state index is 12.1. The van der Waals surface area contributed by atoms with Crippen LogP contribution in [0.3, 0.4) is 0 Å². The highest BCUT2D eigenvalue weighted by Gasteiger charge is 2.21. The minimum absolute atomic E-state index is 0.0553. The van der Waals surface area contributed by atoms with Gasteiger partial charge in [0.15, 0.2) is 5.78 Å². The summed E-state index contributed by atoms with van der Waals surface area (Å²) in [6.07, 6.45) is 0.406. The van der Waals surface area contributed by atoms with Gasteiger partial charge >= 0.3 is 0 Å². The summed E-state index contributed by atoms with van der Waals surface area (Å²) in [5.74, 6) is 0.193. The first-order valence-electron chi connectivity index (χ1n) is 5.21. The van der Waals surface area contributed by atoms with Gasteiger partial charge in [0.1, 0.15) is 0 Å². The standard InChI is InChI=1S/C11H17IN4O/c1-4(2)3-5(17)6-7(12)9(14)11(16)10(15)8(6)13/h4H,3,13-16H2,1-2H3. The Bertz CT molecular complexity index is 442. The molecule has 0 heterocycles. The van der Waals surface area contributed by atoms with E-state index in [0.717, 1.165) is 0 Å². The van der Waals surface area contributed by atoms with Crippen molar-refractivity contribution in [1.29, 1.82) is 0 Å². The van der Waals surface area contributed by atoms with Gasteiger partial charge in [-0.25, -0.2) is 0 Å². The van der Waals surface area contributed by atoms with Crippen molar-refractivity contribution < 1.29 is 4.79 Å². The molecule has 1 rings (SSSR count). The summed E-state index contributed by atoms with van der Waals surface area (Å²) in [5, 5.41) is 0. The van der Waals surface area contributed by atoms with Crippen molar-refractivity contribution in [3.05, 3.63) is 9.13 Å². The van der Waals surface area contributed by atoms with Gasteiger partial charge in [-0.15, -0.1) is 0 Å². The number of nitrogen functional groups attached to an aromatic ring is 4. The molecule has 0 spiro atoms. The topological polar surface area (TPSA) is 121 Å². The first-order chi connectivity index (χ1) is 7.77. The van der Waals surface area contributed by atoms with Gasteiger partial charge in [-0.3, -0.25) is 4.79 Å². The normalized spacial score (nSPS) is 10.8. The lowest BCUT2D eigenvalue weighted by Gasteiger charge is -2.16. The van der Waals surface area contributed by atoms with Gasteiger partial charge in [0.2, 0.25) is 0 Å². The molecule has 0 amide bonds. The van der Waals surface area contributed by atoms with Crippen LogP contribution in [0.5, 0.6) is 0 Å². The molecule has 0 saturated carbocycles. The fraction of sp³-hybridized carbons (Fsp3) is 0.364. The Morgan fingerprint density at radius 1 is 1.06 bits per heavy atom. The molecule has 0 aliphatic heterocycles. The smallest absolute Gasteiger partial charge is 0.166 e. The number of rotatable bonds is 3. The van der Waals surface area contributed by atoms with E-state index in [9.17, 15) is 4.79 Å². The third kappa shape index (κ3) is 2.56. The molecule has 0 unspecified atom stereocenters. The molecule has 1 aromatic rings. The van der Waals surface area contributed by atoms with Crippen LogP contribution in [0.15, 0.2) is 0 Å². The van der Waals surface area contributed by atoms with Gasteiger partial charge < -0.3 is 22.9 Å². The molecule has 0 aliphatic rings. The van der Waals surface area contributed by atoms with Crippen LogP contribution in [-0.4, -0.2) is 5.78 Å². The third-order valence-corrected chi connectivity index (χ3v) is 3.59. The summed E-state index contributed by atoms with van der Waals surface area (Å²) < 4.78 is 0.581. The van der Waals surface area contributed by atoms with Crippen molar-refractivity contribution in [2.45, 2.75) is 20.3 Å². The van der Waals surface area contributed by atoms with Crippen LogP contribution < -0.4 is 22.9 Å². The molecule has 8 N–H and O–H groups in total. The van der Waals surface area contributed by atoms with Crippen molar-refractivity contribution >= 4 is 51.1 Å². The number of Topliss-reactive ketones (excluding diaryl/α,β-unsaturated/α-hetero) is 1. The minimum atomic E-state index is -0.0553. The number of carbonyl (C=O) groups is 1. The van der Waals surface area contributed by atoms with Gasteiger partial charge in [0, 0.05) is 6.42 Å². The molecular weight excluding hydrogens is 331 g/mol.